The number of ether oxygens (including phenoxy) is 2. The largest absolute Gasteiger partial charge is 0.497 e. The standard InChI is InChI=1S/C36H45F4N3O5/c1-3-23-19-42(20-30(23)29-9-6-26(36(38,39)40)18-32(29)41-14-10-25(11-15-41)33(44)45)34(46)35(37)22-43(27-12-16-48-17-13-27)21-31(35)24-4-7-28(47-2)8-5-24/h4-9,18,23,25,27,30-31H,3,10-17,19-22H2,1-2H3,(H,44,45)/t23-,30-,31-,35-/m0/s1. The normalized spacial score (nSPS) is 27.8. The van der Waals surface area contributed by atoms with Crippen molar-refractivity contribution in [3.8, 4) is 5.75 Å². The predicted octanol–water partition coefficient (Wildman–Crippen LogP) is 5.95. The molecule has 262 valence electrons. The van der Waals surface area contributed by atoms with Gasteiger partial charge in [0.05, 0.1) is 18.6 Å². The Balaban J connectivity index is 1.30. The molecular formula is C36H45F4N3O5. The number of nitrogens with zero attached hydrogens (tertiary/aromatic N) is 3. The number of carbonyl (C=O) groups excluding carboxylic acids is 1. The van der Waals surface area contributed by atoms with E-state index in [1.165, 1.54) is 6.07 Å². The number of carbonyl (C=O) groups is 2. The van der Waals surface area contributed by atoms with E-state index >= 15 is 4.39 Å². The van der Waals surface area contributed by atoms with Gasteiger partial charge in [-0.1, -0.05) is 31.5 Å². The third-order valence-electron chi connectivity index (χ3n) is 11.2. The average molecular weight is 676 g/mol. The Labute approximate surface area is 279 Å². The lowest BCUT2D eigenvalue weighted by Gasteiger charge is -2.35. The van der Waals surface area contributed by atoms with E-state index in [4.69, 9.17) is 9.47 Å². The van der Waals surface area contributed by atoms with Gasteiger partial charge in [0.2, 0.25) is 5.67 Å². The van der Waals surface area contributed by atoms with Crippen molar-refractivity contribution in [3.63, 3.8) is 0 Å². The van der Waals surface area contributed by atoms with Gasteiger partial charge in [-0.25, -0.2) is 4.39 Å². The number of aliphatic carboxylic acids is 1. The van der Waals surface area contributed by atoms with Crippen LogP contribution in [0.3, 0.4) is 0 Å². The number of amides is 1. The molecule has 48 heavy (non-hydrogen) atoms. The summed E-state index contributed by atoms with van der Waals surface area (Å²) < 4.78 is 70.2. The van der Waals surface area contributed by atoms with Crippen LogP contribution in [0.25, 0.3) is 0 Å². The van der Waals surface area contributed by atoms with Crippen LogP contribution in [-0.2, 0) is 20.5 Å². The lowest BCUT2D eigenvalue weighted by atomic mass is 9.84. The van der Waals surface area contributed by atoms with Gasteiger partial charge in [0, 0.05) is 76.0 Å². The Kier molecular flexibility index (Phi) is 9.95. The quantitative estimate of drug-likeness (QED) is 0.347. The predicted molar refractivity (Wildman–Crippen MR) is 172 cm³/mol. The molecule has 4 aliphatic rings. The molecule has 0 unspecified atom stereocenters. The third kappa shape index (κ3) is 6.75. The summed E-state index contributed by atoms with van der Waals surface area (Å²) in [5.41, 5.74) is -1.14. The topological polar surface area (TPSA) is 82.6 Å². The van der Waals surface area contributed by atoms with Crippen LogP contribution >= 0.6 is 0 Å². The van der Waals surface area contributed by atoms with Gasteiger partial charge < -0.3 is 24.4 Å². The Morgan fingerprint density at radius 3 is 2.29 bits per heavy atom. The van der Waals surface area contributed by atoms with Gasteiger partial charge in [-0.15, -0.1) is 0 Å². The fourth-order valence-electron chi connectivity index (χ4n) is 8.34. The number of halogens is 4. The Bertz CT molecular complexity index is 1460. The molecule has 1 N–H and O–H groups in total. The van der Waals surface area contributed by atoms with Crippen LogP contribution in [0.15, 0.2) is 42.5 Å². The molecule has 0 aliphatic carbocycles. The van der Waals surface area contributed by atoms with E-state index in [2.05, 4.69) is 4.90 Å². The number of hydrogen-bond acceptors (Lipinski definition) is 6. The maximum absolute atomic E-state index is 17.6. The monoisotopic (exact) mass is 675 g/mol. The van der Waals surface area contributed by atoms with Crippen molar-refractivity contribution < 1.29 is 41.7 Å². The van der Waals surface area contributed by atoms with Crippen molar-refractivity contribution in [1.82, 2.24) is 9.80 Å². The number of methoxy groups -OCH3 is 1. The number of alkyl halides is 4. The zero-order chi connectivity index (χ0) is 34.2. The summed E-state index contributed by atoms with van der Waals surface area (Å²) in [6, 6.07) is 11.1. The first-order valence-electron chi connectivity index (χ1n) is 17.1. The summed E-state index contributed by atoms with van der Waals surface area (Å²) in [7, 11) is 1.56. The number of anilines is 1. The fourth-order valence-corrected chi connectivity index (χ4v) is 8.34. The van der Waals surface area contributed by atoms with E-state index in [9.17, 15) is 27.9 Å². The SMILES string of the molecule is CC[C@H]1CN(C(=O)[C@]2(F)CN(C3CCOCC3)C[C@H]2c2ccc(OC)cc2)C[C@@H]1c1ccc(C(F)(F)F)cc1N1CCC(C(=O)O)CC1. The summed E-state index contributed by atoms with van der Waals surface area (Å²) >= 11 is 0. The number of carboxylic acid groups (broad SMARTS) is 1. The molecule has 0 spiro atoms. The molecule has 4 atom stereocenters. The van der Waals surface area contributed by atoms with Crippen LogP contribution in [-0.4, -0.2) is 98.1 Å². The first kappa shape index (κ1) is 34.5. The number of rotatable bonds is 8. The van der Waals surface area contributed by atoms with Crippen LogP contribution in [0, 0.1) is 11.8 Å². The molecule has 4 aliphatic heterocycles. The molecule has 8 nitrogen and oxygen atoms in total. The molecule has 4 saturated heterocycles. The minimum Gasteiger partial charge on any atom is -0.497 e. The van der Waals surface area contributed by atoms with Crippen LogP contribution in [0.4, 0.5) is 23.2 Å². The zero-order valence-corrected chi connectivity index (χ0v) is 27.6. The molecule has 2 aromatic rings. The maximum Gasteiger partial charge on any atom is 0.416 e. The van der Waals surface area contributed by atoms with Gasteiger partial charge in [0.15, 0.2) is 0 Å². The van der Waals surface area contributed by atoms with Gasteiger partial charge in [0.1, 0.15) is 5.75 Å². The van der Waals surface area contributed by atoms with Crippen molar-refractivity contribution in [2.24, 2.45) is 11.8 Å². The van der Waals surface area contributed by atoms with Crippen LogP contribution in [0.2, 0.25) is 0 Å². The van der Waals surface area contributed by atoms with Gasteiger partial charge in [-0.3, -0.25) is 14.5 Å². The Morgan fingerprint density at radius 1 is 1.00 bits per heavy atom. The number of piperidine rings is 1. The number of benzene rings is 2. The average Bonchev–Trinajstić information content (AvgIpc) is 3.70. The van der Waals surface area contributed by atoms with E-state index in [1.54, 1.807) is 24.1 Å². The van der Waals surface area contributed by atoms with E-state index < -0.39 is 41.1 Å². The highest BCUT2D eigenvalue weighted by atomic mass is 19.4. The van der Waals surface area contributed by atoms with Crippen molar-refractivity contribution in [1.29, 1.82) is 0 Å². The van der Waals surface area contributed by atoms with Crippen molar-refractivity contribution in [3.05, 3.63) is 59.2 Å². The molecule has 4 heterocycles. The molecule has 1 amide bonds. The van der Waals surface area contributed by atoms with Crippen molar-refractivity contribution in [2.75, 3.05) is 64.5 Å². The van der Waals surface area contributed by atoms with E-state index in [0.717, 1.165) is 30.5 Å². The molecule has 0 bridgehead atoms. The van der Waals surface area contributed by atoms with Crippen LogP contribution < -0.4 is 9.64 Å². The summed E-state index contributed by atoms with van der Waals surface area (Å²) in [6.07, 6.45) is -1.69. The molecule has 0 saturated carbocycles. The maximum atomic E-state index is 17.6. The highest BCUT2D eigenvalue weighted by Gasteiger charge is 2.57. The van der Waals surface area contributed by atoms with Gasteiger partial charge in [-0.2, -0.15) is 13.2 Å². The van der Waals surface area contributed by atoms with Crippen LogP contribution in [0.1, 0.15) is 67.6 Å². The van der Waals surface area contributed by atoms with Gasteiger partial charge in [-0.05, 0) is 67.0 Å². The third-order valence-corrected chi connectivity index (χ3v) is 11.2. The molecule has 2 aromatic carbocycles. The second-order valence-corrected chi connectivity index (χ2v) is 13.8. The summed E-state index contributed by atoms with van der Waals surface area (Å²) in [4.78, 5) is 31.6. The summed E-state index contributed by atoms with van der Waals surface area (Å²) in [6.45, 7) is 4.67. The second kappa shape index (κ2) is 13.9. The molecule has 4 fully saturated rings. The highest BCUT2D eigenvalue weighted by molar-refractivity contribution is 5.88. The lowest BCUT2D eigenvalue weighted by molar-refractivity contribution is -0.143. The Morgan fingerprint density at radius 2 is 1.69 bits per heavy atom. The van der Waals surface area contributed by atoms with E-state index in [-0.39, 0.29) is 31.0 Å². The van der Waals surface area contributed by atoms with E-state index in [1.807, 2.05) is 24.0 Å². The van der Waals surface area contributed by atoms with Crippen LogP contribution in [0.5, 0.6) is 5.75 Å². The zero-order valence-electron chi connectivity index (χ0n) is 27.6. The molecule has 6 rings (SSSR count). The Hall–Kier alpha value is -3.38. The molecular weight excluding hydrogens is 630 g/mol. The first-order valence-corrected chi connectivity index (χ1v) is 17.1. The highest BCUT2D eigenvalue weighted by Crippen LogP contribution is 2.47. The molecule has 12 heteroatoms. The minimum absolute atomic E-state index is 0.0325. The molecule has 0 radical (unpaired) electrons. The van der Waals surface area contributed by atoms with E-state index in [0.29, 0.717) is 75.7 Å². The van der Waals surface area contributed by atoms with Gasteiger partial charge >= 0.3 is 12.1 Å². The number of carboxylic acids is 1. The molecule has 0 aromatic heterocycles. The second-order valence-electron chi connectivity index (χ2n) is 13.8. The van der Waals surface area contributed by atoms with Crippen molar-refractivity contribution in [2.45, 2.75) is 68.8 Å². The summed E-state index contributed by atoms with van der Waals surface area (Å²) in [5, 5.41) is 9.49. The first-order chi connectivity index (χ1) is 22.9. The van der Waals surface area contributed by atoms with Gasteiger partial charge in [0.25, 0.3) is 5.91 Å². The smallest absolute Gasteiger partial charge is 0.416 e. The lowest BCUT2D eigenvalue weighted by Crippen LogP contribution is -2.50. The summed E-state index contributed by atoms with van der Waals surface area (Å²) in [5.74, 6) is -2.46. The number of hydrogen-bond donors (Lipinski definition) is 1. The minimum atomic E-state index is -4.55. The number of likely N-dealkylation sites (tertiary alicyclic amines) is 2. The fraction of sp³-hybridized carbons (Fsp3) is 0.611. The van der Waals surface area contributed by atoms with Crippen molar-refractivity contribution >= 4 is 17.6 Å².